The second-order valence-electron chi connectivity index (χ2n) is 5.37. The summed E-state index contributed by atoms with van der Waals surface area (Å²) in [4.78, 5) is 23.3. The quantitative estimate of drug-likeness (QED) is 0.719. The molecule has 6 heteroatoms. The highest BCUT2D eigenvalue weighted by molar-refractivity contribution is 5.86. The number of benzene rings is 1. The van der Waals surface area contributed by atoms with E-state index < -0.39 is 24.7 Å². The molecule has 2 atom stereocenters. The van der Waals surface area contributed by atoms with Crippen molar-refractivity contribution in [1.82, 2.24) is 16.0 Å². The largest absolute Gasteiger partial charge is 0.352 e. The minimum absolute atomic E-state index is 0.0448. The topological polar surface area (TPSA) is 70.2 Å². The summed E-state index contributed by atoms with van der Waals surface area (Å²) in [6, 6.07) is 6.98. The van der Waals surface area contributed by atoms with Gasteiger partial charge < -0.3 is 16.0 Å². The Labute approximate surface area is 130 Å². The first kappa shape index (κ1) is 17.9. The first-order valence-corrected chi connectivity index (χ1v) is 7.38. The first-order chi connectivity index (χ1) is 10.4. The average molecular weight is 309 g/mol. The third-order valence-electron chi connectivity index (χ3n) is 3.31. The van der Waals surface area contributed by atoms with Crippen LogP contribution in [0.3, 0.4) is 0 Å². The van der Waals surface area contributed by atoms with Crippen molar-refractivity contribution in [3.8, 4) is 0 Å². The van der Waals surface area contributed by atoms with E-state index >= 15 is 0 Å². The summed E-state index contributed by atoms with van der Waals surface area (Å²) >= 11 is 0. The number of hydrogen-bond acceptors (Lipinski definition) is 2. The maximum atomic E-state index is 12.0. The molecule has 0 radical (unpaired) electrons. The zero-order chi connectivity index (χ0) is 16.5. The molecule has 3 N–H and O–H groups in total. The molecule has 0 aromatic heterocycles. The molecule has 5 nitrogen and oxygen atoms in total. The molecule has 0 aliphatic carbocycles. The van der Waals surface area contributed by atoms with Gasteiger partial charge >= 0.3 is 6.03 Å². The number of alkyl halides is 1. The van der Waals surface area contributed by atoms with Gasteiger partial charge in [-0.1, -0.05) is 36.8 Å². The van der Waals surface area contributed by atoms with E-state index in [9.17, 15) is 14.0 Å². The molecular formula is C16H24FN3O2. The molecular weight excluding hydrogens is 285 g/mol. The molecule has 0 heterocycles. The van der Waals surface area contributed by atoms with E-state index in [4.69, 9.17) is 0 Å². The molecule has 0 spiro atoms. The second-order valence-corrected chi connectivity index (χ2v) is 5.37. The Morgan fingerprint density at radius 3 is 2.59 bits per heavy atom. The molecule has 3 amide bonds. The lowest BCUT2D eigenvalue weighted by atomic mass is 9.99. The van der Waals surface area contributed by atoms with Gasteiger partial charge in [0.15, 0.2) is 0 Å². The van der Waals surface area contributed by atoms with Crippen LogP contribution in [-0.4, -0.2) is 37.7 Å². The molecule has 0 aliphatic rings. The van der Waals surface area contributed by atoms with Crippen LogP contribution in [0.4, 0.5) is 9.18 Å². The van der Waals surface area contributed by atoms with Crippen molar-refractivity contribution in [2.75, 3.05) is 19.8 Å². The number of halogens is 1. The van der Waals surface area contributed by atoms with Gasteiger partial charge in [-0.05, 0) is 25.3 Å². The Kier molecular flexibility index (Phi) is 7.36. The summed E-state index contributed by atoms with van der Waals surface area (Å²) in [5, 5.41) is 7.64. The van der Waals surface area contributed by atoms with Crippen molar-refractivity contribution in [3.63, 3.8) is 0 Å². The van der Waals surface area contributed by atoms with Gasteiger partial charge in [0.05, 0.1) is 0 Å². The number of urea groups is 1. The van der Waals surface area contributed by atoms with Gasteiger partial charge in [0.2, 0.25) is 5.91 Å². The monoisotopic (exact) mass is 309 g/mol. The molecule has 0 saturated heterocycles. The Balaban J connectivity index is 2.37. The van der Waals surface area contributed by atoms with Gasteiger partial charge in [0.25, 0.3) is 0 Å². The highest BCUT2D eigenvalue weighted by Crippen LogP contribution is 2.15. The number of hydrogen-bond donors (Lipinski definition) is 3. The first-order valence-electron chi connectivity index (χ1n) is 7.38. The van der Waals surface area contributed by atoms with Gasteiger partial charge in [-0.3, -0.25) is 4.79 Å². The van der Waals surface area contributed by atoms with Crippen LogP contribution in [0.1, 0.15) is 30.9 Å². The molecule has 1 rings (SSSR count). The van der Waals surface area contributed by atoms with Gasteiger partial charge in [-0.15, -0.1) is 0 Å². The lowest BCUT2D eigenvalue weighted by Crippen LogP contribution is -2.49. The van der Waals surface area contributed by atoms with Crippen LogP contribution in [0.2, 0.25) is 0 Å². The number of aryl methyl sites for hydroxylation is 1. The number of nitrogens with one attached hydrogen (secondary N) is 3. The van der Waals surface area contributed by atoms with E-state index in [0.717, 1.165) is 5.56 Å². The van der Waals surface area contributed by atoms with Crippen LogP contribution in [0.5, 0.6) is 0 Å². The van der Waals surface area contributed by atoms with Crippen LogP contribution in [0.25, 0.3) is 0 Å². The summed E-state index contributed by atoms with van der Waals surface area (Å²) in [7, 11) is 0. The molecule has 0 saturated carbocycles. The van der Waals surface area contributed by atoms with E-state index in [-0.39, 0.29) is 12.5 Å². The standard InChI is InChI=1S/C16H24FN3O2/c1-11-5-4-6-14(9-11)12(2)10-19-16(22)20-13(3)15(21)18-8-7-17/h4-6,9,12-13H,7-8,10H2,1-3H3,(H,18,21)(H2,19,20,22)/t12-,13-/m1/s1. The number of carbonyl (C=O) groups is 2. The van der Waals surface area contributed by atoms with Gasteiger partial charge in [-0.2, -0.15) is 0 Å². The maximum Gasteiger partial charge on any atom is 0.315 e. The van der Waals surface area contributed by atoms with E-state index in [2.05, 4.69) is 22.0 Å². The zero-order valence-electron chi connectivity index (χ0n) is 13.3. The van der Waals surface area contributed by atoms with Crippen molar-refractivity contribution in [3.05, 3.63) is 35.4 Å². The van der Waals surface area contributed by atoms with Crippen LogP contribution < -0.4 is 16.0 Å². The third-order valence-corrected chi connectivity index (χ3v) is 3.31. The second kappa shape index (κ2) is 9.02. The van der Waals surface area contributed by atoms with E-state index in [1.54, 1.807) is 6.92 Å². The Morgan fingerprint density at radius 1 is 1.23 bits per heavy atom. The SMILES string of the molecule is Cc1cccc([C@H](C)CNC(=O)N[C@H](C)C(=O)NCCF)c1. The predicted octanol–water partition coefficient (Wildman–Crippen LogP) is 1.87. The molecule has 0 unspecified atom stereocenters. The number of rotatable bonds is 7. The normalized spacial score (nSPS) is 13.1. The molecule has 0 fully saturated rings. The van der Waals surface area contributed by atoms with Crippen molar-refractivity contribution >= 4 is 11.9 Å². The molecule has 1 aromatic rings. The molecule has 122 valence electrons. The number of carbonyl (C=O) groups excluding carboxylic acids is 2. The van der Waals surface area contributed by atoms with Crippen molar-refractivity contribution < 1.29 is 14.0 Å². The average Bonchev–Trinajstić information content (AvgIpc) is 2.50. The highest BCUT2D eigenvalue weighted by Gasteiger charge is 2.15. The highest BCUT2D eigenvalue weighted by atomic mass is 19.1. The summed E-state index contributed by atoms with van der Waals surface area (Å²) in [5.41, 5.74) is 2.32. The maximum absolute atomic E-state index is 12.0. The molecule has 0 aliphatic heterocycles. The van der Waals surface area contributed by atoms with Crippen LogP contribution in [0, 0.1) is 6.92 Å². The summed E-state index contributed by atoms with van der Waals surface area (Å²) in [5.74, 6) is -0.235. The van der Waals surface area contributed by atoms with E-state index in [1.807, 2.05) is 32.0 Å². The molecule has 22 heavy (non-hydrogen) atoms. The van der Waals surface area contributed by atoms with Crippen LogP contribution in [0.15, 0.2) is 24.3 Å². The van der Waals surface area contributed by atoms with Crippen LogP contribution >= 0.6 is 0 Å². The smallest absolute Gasteiger partial charge is 0.315 e. The molecule has 0 bridgehead atoms. The number of amides is 3. The fraction of sp³-hybridized carbons (Fsp3) is 0.500. The summed E-state index contributed by atoms with van der Waals surface area (Å²) in [6.45, 7) is 5.39. The molecule has 1 aromatic carbocycles. The lowest BCUT2D eigenvalue weighted by Gasteiger charge is -2.17. The summed E-state index contributed by atoms with van der Waals surface area (Å²) < 4.78 is 12.0. The third kappa shape index (κ3) is 6.11. The fourth-order valence-electron chi connectivity index (χ4n) is 1.98. The predicted molar refractivity (Wildman–Crippen MR) is 84.6 cm³/mol. The zero-order valence-corrected chi connectivity index (χ0v) is 13.3. The van der Waals surface area contributed by atoms with Gasteiger partial charge in [0, 0.05) is 13.1 Å². The van der Waals surface area contributed by atoms with E-state index in [0.29, 0.717) is 6.54 Å². The van der Waals surface area contributed by atoms with Gasteiger partial charge in [-0.25, -0.2) is 9.18 Å². The Bertz CT molecular complexity index is 508. The van der Waals surface area contributed by atoms with Crippen molar-refractivity contribution in [2.24, 2.45) is 0 Å². The minimum atomic E-state index is -0.708. The lowest BCUT2D eigenvalue weighted by molar-refractivity contribution is -0.122. The Hall–Kier alpha value is -2.11. The minimum Gasteiger partial charge on any atom is -0.352 e. The summed E-state index contributed by atoms with van der Waals surface area (Å²) in [6.07, 6.45) is 0. The Morgan fingerprint density at radius 2 is 1.95 bits per heavy atom. The fourth-order valence-corrected chi connectivity index (χ4v) is 1.98. The van der Waals surface area contributed by atoms with Gasteiger partial charge in [0.1, 0.15) is 12.7 Å². The van der Waals surface area contributed by atoms with E-state index in [1.165, 1.54) is 5.56 Å². The van der Waals surface area contributed by atoms with Crippen molar-refractivity contribution in [2.45, 2.75) is 32.7 Å². The van der Waals surface area contributed by atoms with Crippen molar-refractivity contribution in [1.29, 1.82) is 0 Å². The van der Waals surface area contributed by atoms with Crippen LogP contribution in [-0.2, 0) is 4.79 Å².